The maximum atomic E-state index is 12.5. The molecule has 0 aliphatic carbocycles. The lowest BCUT2D eigenvalue weighted by Crippen LogP contribution is -2.18. The number of anilines is 1. The number of amides is 1. The molecule has 0 aliphatic rings. The molecular weight excluding hydrogens is 368 g/mol. The van der Waals surface area contributed by atoms with Gasteiger partial charge in [-0.25, -0.2) is 0 Å². The first-order chi connectivity index (χ1) is 13.8. The normalized spacial score (nSPS) is 11.6. The number of hydrogen-bond donors (Lipinski definition) is 2. The van der Waals surface area contributed by atoms with Gasteiger partial charge in [-0.3, -0.25) is 19.6 Å². The summed E-state index contributed by atoms with van der Waals surface area (Å²) in [5.41, 5.74) is 2.04. The molecule has 3 heterocycles. The number of nitrogens with zero attached hydrogens (tertiary/aromatic N) is 4. The molecule has 29 heavy (non-hydrogen) atoms. The van der Waals surface area contributed by atoms with Crippen LogP contribution in [0.3, 0.4) is 0 Å². The van der Waals surface area contributed by atoms with Gasteiger partial charge in [-0.2, -0.15) is 9.50 Å². The lowest BCUT2D eigenvalue weighted by atomic mass is 9.87. The maximum absolute atomic E-state index is 12.5. The fourth-order valence-electron chi connectivity index (χ4n) is 2.91. The summed E-state index contributed by atoms with van der Waals surface area (Å²) in [6.45, 7) is 6.44. The Kier molecular flexibility index (Phi) is 4.46. The van der Waals surface area contributed by atoms with Crippen molar-refractivity contribution in [2.75, 3.05) is 5.32 Å². The van der Waals surface area contributed by atoms with E-state index in [4.69, 9.17) is 0 Å². The predicted molar refractivity (Wildman–Crippen MR) is 110 cm³/mol. The molecule has 0 unspecified atom stereocenters. The van der Waals surface area contributed by atoms with Crippen LogP contribution < -0.4 is 10.9 Å². The second kappa shape index (κ2) is 6.97. The van der Waals surface area contributed by atoms with Crippen molar-refractivity contribution in [3.63, 3.8) is 0 Å². The number of fused-ring (bicyclic) bond motifs is 1. The maximum Gasteiger partial charge on any atom is 0.258 e. The van der Waals surface area contributed by atoms with Crippen LogP contribution in [0.1, 0.15) is 36.7 Å². The van der Waals surface area contributed by atoms with Crippen molar-refractivity contribution in [1.82, 2.24) is 24.6 Å². The summed E-state index contributed by atoms with van der Waals surface area (Å²) < 4.78 is 1.41. The number of carbonyl (C=O) groups is 1. The SMILES string of the molecule is CC(C)(C)c1ccc(-c2nc3[nH]c(=O)cc(NC(=O)c4cccnc4)n3n2)cc1. The molecule has 0 fully saturated rings. The molecule has 0 saturated carbocycles. The average molecular weight is 388 g/mol. The molecule has 0 atom stereocenters. The second-order valence-corrected chi connectivity index (χ2v) is 7.71. The highest BCUT2D eigenvalue weighted by Gasteiger charge is 2.16. The summed E-state index contributed by atoms with van der Waals surface area (Å²) >= 11 is 0. The van der Waals surface area contributed by atoms with Crippen LogP contribution in [0, 0.1) is 0 Å². The standard InChI is InChI=1S/C21H20N6O2/c1-21(2,3)15-8-6-13(7-9-15)18-25-20-24-17(28)11-16(27(20)26-18)23-19(29)14-5-4-10-22-12-14/h4-12H,1-3H3,(H,23,29)(H,24,25,26,28). The molecule has 4 rings (SSSR count). The monoisotopic (exact) mass is 388 g/mol. The molecule has 3 aromatic heterocycles. The van der Waals surface area contributed by atoms with Crippen molar-refractivity contribution in [2.45, 2.75) is 26.2 Å². The lowest BCUT2D eigenvalue weighted by Gasteiger charge is -2.18. The zero-order valence-corrected chi connectivity index (χ0v) is 16.3. The summed E-state index contributed by atoms with van der Waals surface area (Å²) in [5, 5.41) is 7.17. The van der Waals surface area contributed by atoms with E-state index < -0.39 is 5.91 Å². The van der Waals surface area contributed by atoms with Crippen molar-refractivity contribution in [3.05, 3.63) is 76.3 Å². The molecule has 0 saturated heterocycles. The van der Waals surface area contributed by atoms with Gasteiger partial charge in [0.25, 0.3) is 11.5 Å². The second-order valence-electron chi connectivity index (χ2n) is 7.71. The molecule has 1 aromatic carbocycles. The third-order valence-electron chi connectivity index (χ3n) is 4.51. The minimum atomic E-state index is -0.392. The number of nitrogens with one attached hydrogen (secondary N) is 2. The van der Waals surface area contributed by atoms with Gasteiger partial charge in [0, 0.05) is 24.0 Å². The Bertz CT molecular complexity index is 1230. The Balaban J connectivity index is 1.72. The first-order valence-corrected chi connectivity index (χ1v) is 9.14. The van der Waals surface area contributed by atoms with Crippen molar-refractivity contribution < 1.29 is 4.79 Å². The zero-order valence-electron chi connectivity index (χ0n) is 16.3. The van der Waals surface area contributed by atoms with E-state index in [1.54, 1.807) is 18.3 Å². The van der Waals surface area contributed by atoms with Crippen molar-refractivity contribution in [3.8, 4) is 11.4 Å². The highest BCUT2D eigenvalue weighted by atomic mass is 16.2. The van der Waals surface area contributed by atoms with Gasteiger partial charge in [0.05, 0.1) is 5.56 Å². The van der Waals surface area contributed by atoms with E-state index >= 15 is 0 Å². The van der Waals surface area contributed by atoms with Crippen LogP contribution in [0.25, 0.3) is 17.2 Å². The quantitative estimate of drug-likeness (QED) is 0.561. The predicted octanol–water partition coefficient (Wildman–Crippen LogP) is 3.03. The van der Waals surface area contributed by atoms with Crippen LogP contribution in [0.5, 0.6) is 0 Å². The smallest absolute Gasteiger partial charge is 0.258 e. The Morgan fingerprint density at radius 3 is 2.55 bits per heavy atom. The highest BCUT2D eigenvalue weighted by molar-refractivity contribution is 6.03. The summed E-state index contributed by atoms with van der Waals surface area (Å²) in [6.07, 6.45) is 3.03. The molecular formula is C21H20N6O2. The number of pyridine rings is 1. The van der Waals surface area contributed by atoms with Crippen LogP contribution in [-0.4, -0.2) is 30.5 Å². The van der Waals surface area contributed by atoms with Crippen LogP contribution in [0.4, 0.5) is 5.82 Å². The van der Waals surface area contributed by atoms with Gasteiger partial charge in [0.1, 0.15) is 5.82 Å². The zero-order chi connectivity index (χ0) is 20.6. The number of rotatable bonds is 3. The minimum absolute atomic E-state index is 0.0415. The third kappa shape index (κ3) is 3.77. The van der Waals surface area contributed by atoms with Crippen molar-refractivity contribution in [1.29, 1.82) is 0 Å². The van der Waals surface area contributed by atoms with E-state index in [1.165, 1.54) is 22.3 Å². The van der Waals surface area contributed by atoms with Crippen LogP contribution >= 0.6 is 0 Å². The summed E-state index contributed by atoms with van der Waals surface area (Å²) in [4.78, 5) is 35.5. The number of aromatic amines is 1. The summed E-state index contributed by atoms with van der Waals surface area (Å²) in [7, 11) is 0. The molecule has 8 nitrogen and oxygen atoms in total. The molecule has 2 N–H and O–H groups in total. The van der Waals surface area contributed by atoms with E-state index in [1.807, 2.05) is 24.3 Å². The summed E-state index contributed by atoms with van der Waals surface area (Å²) in [6, 6.07) is 12.5. The van der Waals surface area contributed by atoms with Crippen molar-refractivity contribution >= 4 is 17.5 Å². The largest absolute Gasteiger partial charge is 0.306 e. The van der Waals surface area contributed by atoms with E-state index in [9.17, 15) is 9.59 Å². The Labute approximate surface area is 166 Å². The third-order valence-corrected chi connectivity index (χ3v) is 4.51. The molecule has 0 spiro atoms. The van der Waals surface area contributed by atoms with Gasteiger partial charge < -0.3 is 5.32 Å². The van der Waals surface area contributed by atoms with Gasteiger partial charge in [0.15, 0.2) is 5.82 Å². The first-order valence-electron chi connectivity index (χ1n) is 9.14. The fourth-order valence-corrected chi connectivity index (χ4v) is 2.91. The van der Waals surface area contributed by atoms with E-state index in [2.05, 4.69) is 46.1 Å². The van der Waals surface area contributed by atoms with E-state index in [-0.39, 0.29) is 22.6 Å². The van der Waals surface area contributed by atoms with Gasteiger partial charge in [-0.1, -0.05) is 45.0 Å². The molecule has 0 aliphatic heterocycles. The molecule has 0 radical (unpaired) electrons. The molecule has 1 amide bonds. The number of carbonyl (C=O) groups excluding carboxylic acids is 1. The number of aromatic nitrogens is 5. The van der Waals surface area contributed by atoms with Crippen LogP contribution in [0.2, 0.25) is 0 Å². The fraction of sp³-hybridized carbons (Fsp3) is 0.190. The summed E-state index contributed by atoms with van der Waals surface area (Å²) in [5.74, 6) is 0.525. The van der Waals surface area contributed by atoms with Gasteiger partial charge in [-0.15, -0.1) is 5.10 Å². The molecule has 0 bridgehead atoms. The first kappa shape index (κ1) is 18.5. The Morgan fingerprint density at radius 2 is 1.90 bits per heavy atom. The van der Waals surface area contributed by atoms with Crippen molar-refractivity contribution in [2.24, 2.45) is 0 Å². The van der Waals surface area contributed by atoms with E-state index in [0.29, 0.717) is 11.4 Å². The Hall–Kier alpha value is -3.81. The average Bonchev–Trinajstić information content (AvgIpc) is 3.12. The Morgan fingerprint density at radius 1 is 1.14 bits per heavy atom. The van der Waals surface area contributed by atoms with E-state index in [0.717, 1.165) is 5.56 Å². The van der Waals surface area contributed by atoms with Gasteiger partial charge in [-0.05, 0) is 23.1 Å². The highest BCUT2D eigenvalue weighted by Crippen LogP contribution is 2.25. The molecule has 4 aromatic rings. The van der Waals surface area contributed by atoms with Gasteiger partial charge in [0.2, 0.25) is 5.78 Å². The number of benzene rings is 1. The molecule has 146 valence electrons. The molecule has 8 heteroatoms. The number of hydrogen-bond acceptors (Lipinski definition) is 5. The van der Waals surface area contributed by atoms with Crippen LogP contribution in [0.15, 0.2) is 59.7 Å². The lowest BCUT2D eigenvalue weighted by molar-refractivity contribution is 0.102. The number of H-pyrrole nitrogens is 1. The topological polar surface area (TPSA) is 105 Å². The minimum Gasteiger partial charge on any atom is -0.306 e. The van der Waals surface area contributed by atoms with Gasteiger partial charge >= 0.3 is 0 Å². The van der Waals surface area contributed by atoms with Crippen LogP contribution in [-0.2, 0) is 5.41 Å².